The topological polar surface area (TPSA) is 89.4 Å². The van der Waals surface area contributed by atoms with Gasteiger partial charge in [-0.05, 0) is 33.1 Å². The van der Waals surface area contributed by atoms with Gasteiger partial charge < -0.3 is 10.6 Å². The Morgan fingerprint density at radius 2 is 1.91 bits per heavy atom. The number of amides is 1. The van der Waals surface area contributed by atoms with E-state index in [1.807, 2.05) is 25.8 Å². The van der Waals surface area contributed by atoms with E-state index in [-0.39, 0.29) is 17.9 Å². The summed E-state index contributed by atoms with van der Waals surface area (Å²) in [5.74, 6) is 1.29. The lowest BCUT2D eigenvalue weighted by atomic mass is 10.0. The molecule has 0 aliphatic rings. The average molecular weight is 318 g/mol. The molecule has 23 heavy (non-hydrogen) atoms. The van der Waals surface area contributed by atoms with Crippen LogP contribution in [-0.2, 0) is 11.2 Å². The number of carbonyl (C=O) groups excluding carboxylic acids is 1. The highest BCUT2D eigenvalue weighted by atomic mass is 16.2. The fourth-order valence-electron chi connectivity index (χ4n) is 2.84. The Hall–Kier alpha value is -2.18. The highest BCUT2D eigenvalue weighted by molar-refractivity contribution is 5.79. The van der Waals surface area contributed by atoms with Gasteiger partial charge in [0.05, 0.1) is 6.42 Å². The summed E-state index contributed by atoms with van der Waals surface area (Å²) in [6.07, 6.45) is 1.29. The maximum Gasteiger partial charge on any atom is 0.254 e. The van der Waals surface area contributed by atoms with Crippen molar-refractivity contribution in [3.05, 3.63) is 17.0 Å². The Kier molecular flexibility index (Phi) is 4.87. The van der Waals surface area contributed by atoms with Crippen LogP contribution in [-0.4, -0.2) is 43.5 Å². The molecule has 0 aromatic carbocycles. The molecule has 7 heteroatoms. The number of nitrogens with zero attached hydrogens (tertiary/aromatic N) is 5. The van der Waals surface area contributed by atoms with E-state index in [0.717, 1.165) is 23.4 Å². The fourth-order valence-corrected chi connectivity index (χ4v) is 2.84. The van der Waals surface area contributed by atoms with Crippen molar-refractivity contribution in [3.63, 3.8) is 0 Å². The molecule has 0 fully saturated rings. The highest BCUT2D eigenvalue weighted by Crippen LogP contribution is 2.17. The predicted molar refractivity (Wildman–Crippen MR) is 90.1 cm³/mol. The predicted octanol–water partition coefficient (Wildman–Crippen LogP) is 1.76. The Morgan fingerprint density at radius 1 is 1.26 bits per heavy atom. The van der Waals surface area contributed by atoms with Crippen molar-refractivity contribution in [2.45, 2.75) is 53.5 Å². The Morgan fingerprint density at radius 3 is 2.52 bits per heavy atom. The lowest BCUT2D eigenvalue weighted by molar-refractivity contribution is -0.131. The van der Waals surface area contributed by atoms with Crippen LogP contribution in [0.5, 0.6) is 0 Å². The first-order chi connectivity index (χ1) is 10.7. The first-order valence-electron chi connectivity index (χ1n) is 7.94. The third-order valence-electron chi connectivity index (χ3n) is 4.26. The number of fused-ring (bicyclic) bond motifs is 1. The molecule has 2 N–H and O–H groups in total. The standard InChI is InChI=1S/C16H26N6O/c1-9(2)7-10(3)21(6)14(23)8-13-11(4)18-16-19-15(17)20-22(16)12(13)5/h9-10H,7-8H2,1-6H3,(H2,17,20). The minimum absolute atomic E-state index is 0.0820. The minimum atomic E-state index is 0.0820. The largest absolute Gasteiger partial charge is 0.366 e. The van der Waals surface area contributed by atoms with Crippen LogP contribution in [0.4, 0.5) is 5.95 Å². The monoisotopic (exact) mass is 318 g/mol. The second kappa shape index (κ2) is 6.52. The Balaban J connectivity index is 2.25. The quantitative estimate of drug-likeness (QED) is 0.907. The van der Waals surface area contributed by atoms with E-state index >= 15 is 0 Å². The van der Waals surface area contributed by atoms with E-state index in [1.165, 1.54) is 0 Å². The first-order valence-corrected chi connectivity index (χ1v) is 7.94. The van der Waals surface area contributed by atoms with Crippen molar-refractivity contribution in [2.75, 3.05) is 12.8 Å². The average Bonchev–Trinajstić information content (AvgIpc) is 2.82. The lowest BCUT2D eigenvalue weighted by Crippen LogP contribution is -2.37. The maximum absolute atomic E-state index is 12.6. The zero-order valence-electron chi connectivity index (χ0n) is 14.8. The van der Waals surface area contributed by atoms with Gasteiger partial charge in [-0.1, -0.05) is 13.8 Å². The molecule has 2 aromatic rings. The second-order valence-electron chi connectivity index (χ2n) is 6.60. The summed E-state index contributed by atoms with van der Waals surface area (Å²) in [5.41, 5.74) is 8.17. The normalized spacial score (nSPS) is 12.8. The van der Waals surface area contributed by atoms with Gasteiger partial charge in [-0.2, -0.15) is 9.50 Å². The van der Waals surface area contributed by atoms with Crippen LogP contribution in [0, 0.1) is 19.8 Å². The molecule has 2 aromatic heterocycles. The molecule has 1 amide bonds. The van der Waals surface area contributed by atoms with Gasteiger partial charge in [-0.3, -0.25) is 4.79 Å². The molecule has 0 aliphatic carbocycles. The van der Waals surface area contributed by atoms with Crippen LogP contribution in [0.3, 0.4) is 0 Å². The van der Waals surface area contributed by atoms with E-state index < -0.39 is 0 Å². The molecule has 1 atom stereocenters. The first kappa shape index (κ1) is 17.2. The Labute approximate surface area is 136 Å². The number of nitrogen functional groups attached to an aromatic ring is 1. The minimum Gasteiger partial charge on any atom is -0.366 e. The van der Waals surface area contributed by atoms with Crippen molar-refractivity contribution in [1.29, 1.82) is 0 Å². The number of aryl methyl sites for hydroxylation is 2. The van der Waals surface area contributed by atoms with Gasteiger partial charge in [0.1, 0.15) is 0 Å². The van der Waals surface area contributed by atoms with E-state index in [0.29, 0.717) is 18.1 Å². The number of likely N-dealkylation sites (N-methyl/N-ethyl adjacent to an activating group) is 1. The van der Waals surface area contributed by atoms with Crippen molar-refractivity contribution in [3.8, 4) is 0 Å². The van der Waals surface area contributed by atoms with E-state index in [1.54, 1.807) is 4.52 Å². The third-order valence-corrected chi connectivity index (χ3v) is 4.26. The highest BCUT2D eigenvalue weighted by Gasteiger charge is 2.20. The van der Waals surface area contributed by atoms with Crippen LogP contribution in [0.25, 0.3) is 5.78 Å². The number of anilines is 1. The molecule has 0 aliphatic heterocycles. The molecule has 126 valence electrons. The van der Waals surface area contributed by atoms with Gasteiger partial charge in [-0.15, -0.1) is 5.10 Å². The summed E-state index contributed by atoms with van der Waals surface area (Å²) in [6, 6.07) is 0.210. The zero-order valence-corrected chi connectivity index (χ0v) is 14.8. The zero-order chi connectivity index (χ0) is 17.3. The molecule has 2 rings (SSSR count). The summed E-state index contributed by atoms with van der Waals surface area (Å²) < 4.78 is 1.60. The summed E-state index contributed by atoms with van der Waals surface area (Å²) >= 11 is 0. The second-order valence-corrected chi connectivity index (χ2v) is 6.60. The van der Waals surface area contributed by atoms with Crippen LogP contribution in [0.2, 0.25) is 0 Å². The summed E-state index contributed by atoms with van der Waals surface area (Å²) in [6.45, 7) is 10.2. The molecule has 0 saturated carbocycles. The molecular formula is C16H26N6O. The fraction of sp³-hybridized carbons (Fsp3) is 0.625. The number of aromatic nitrogens is 4. The molecule has 2 heterocycles. The van der Waals surface area contributed by atoms with Gasteiger partial charge >= 0.3 is 0 Å². The van der Waals surface area contributed by atoms with Crippen LogP contribution < -0.4 is 5.73 Å². The van der Waals surface area contributed by atoms with E-state index in [4.69, 9.17) is 5.73 Å². The van der Waals surface area contributed by atoms with Gasteiger partial charge in [0, 0.05) is 30.0 Å². The maximum atomic E-state index is 12.6. The summed E-state index contributed by atoms with van der Waals surface area (Å²) in [4.78, 5) is 22.9. The number of carbonyl (C=O) groups is 1. The molecule has 1 unspecified atom stereocenters. The van der Waals surface area contributed by atoms with Gasteiger partial charge in [0.15, 0.2) is 0 Å². The van der Waals surface area contributed by atoms with Gasteiger partial charge in [0.2, 0.25) is 11.9 Å². The van der Waals surface area contributed by atoms with Crippen molar-refractivity contribution >= 4 is 17.6 Å². The van der Waals surface area contributed by atoms with Gasteiger partial charge in [-0.25, -0.2) is 4.98 Å². The molecular weight excluding hydrogens is 292 g/mol. The SMILES string of the molecule is Cc1nc2nc(N)nn2c(C)c1CC(=O)N(C)C(C)CC(C)C. The smallest absolute Gasteiger partial charge is 0.254 e. The van der Waals surface area contributed by atoms with Crippen LogP contribution in [0.15, 0.2) is 0 Å². The number of rotatable bonds is 5. The van der Waals surface area contributed by atoms with Crippen LogP contribution in [0.1, 0.15) is 44.1 Å². The lowest BCUT2D eigenvalue weighted by Gasteiger charge is -2.27. The van der Waals surface area contributed by atoms with Crippen molar-refractivity contribution in [1.82, 2.24) is 24.5 Å². The number of hydrogen-bond donors (Lipinski definition) is 1. The molecule has 0 saturated heterocycles. The Bertz CT molecular complexity index is 721. The van der Waals surface area contributed by atoms with E-state index in [9.17, 15) is 4.79 Å². The summed E-state index contributed by atoms with van der Waals surface area (Å²) in [7, 11) is 1.86. The van der Waals surface area contributed by atoms with Gasteiger partial charge in [0.25, 0.3) is 5.78 Å². The number of hydrogen-bond acceptors (Lipinski definition) is 5. The molecule has 0 radical (unpaired) electrons. The van der Waals surface area contributed by atoms with E-state index in [2.05, 4.69) is 35.8 Å². The van der Waals surface area contributed by atoms with Crippen molar-refractivity contribution < 1.29 is 4.79 Å². The van der Waals surface area contributed by atoms with Crippen LogP contribution >= 0.6 is 0 Å². The third kappa shape index (κ3) is 3.60. The van der Waals surface area contributed by atoms with Crippen molar-refractivity contribution in [2.24, 2.45) is 5.92 Å². The molecule has 7 nitrogen and oxygen atoms in total. The molecule has 0 spiro atoms. The number of nitrogens with two attached hydrogens (primary N) is 1. The molecule has 0 bridgehead atoms. The summed E-state index contributed by atoms with van der Waals surface area (Å²) in [5, 5.41) is 4.14.